The Balaban J connectivity index is 1.45. The predicted octanol–water partition coefficient (Wildman–Crippen LogP) is 4.18. The Morgan fingerprint density at radius 3 is 2.81 bits per heavy atom. The van der Waals surface area contributed by atoms with Crippen LogP contribution in [0, 0.1) is 18.7 Å². The van der Waals surface area contributed by atoms with Crippen LogP contribution >= 0.6 is 11.6 Å². The summed E-state index contributed by atoms with van der Waals surface area (Å²) in [4.78, 5) is 18.5. The molecule has 0 bridgehead atoms. The van der Waals surface area contributed by atoms with Gasteiger partial charge in [-0.2, -0.15) is 0 Å². The lowest BCUT2D eigenvalue weighted by Gasteiger charge is -2.33. The fourth-order valence-corrected chi connectivity index (χ4v) is 3.63. The van der Waals surface area contributed by atoms with E-state index in [1.807, 2.05) is 4.90 Å². The Morgan fingerprint density at radius 2 is 2.11 bits per heavy atom. The number of hydrogen-bond acceptors (Lipinski definition) is 5. The molecule has 0 saturated carbocycles. The molecule has 0 radical (unpaired) electrons. The van der Waals surface area contributed by atoms with E-state index in [-0.39, 0.29) is 23.2 Å². The molecule has 0 aliphatic carbocycles. The van der Waals surface area contributed by atoms with Gasteiger partial charge in [0.2, 0.25) is 5.91 Å². The fourth-order valence-electron chi connectivity index (χ4n) is 3.42. The number of carbonyl (C=O) groups excluding carboxylic acids is 1. The van der Waals surface area contributed by atoms with Gasteiger partial charge in [0.15, 0.2) is 11.6 Å². The first-order valence-electron chi connectivity index (χ1n) is 8.75. The summed E-state index contributed by atoms with van der Waals surface area (Å²) in [5.41, 5.74) is 0.754. The number of fused-ring (bicyclic) bond motifs is 1. The van der Waals surface area contributed by atoms with E-state index >= 15 is 0 Å². The van der Waals surface area contributed by atoms with Crippen LogP contribution in [0.25, 0.3) is 10.9 Å². The zero-order valence-electron chi connectivity index (χ0n) is 14.7. The Hall–Kier alpha value is -2.67. The minimum Gasteiger partial charge on any atom is -0.369 e. The Morgan fingerprint density at radius 1 is 1.33 bits per heavy atom. The first-order valence-corrected chi connectivity index (χ1v) is 9.12. The third-order valence-corrected chi connectivity index (χ3v) is 5.19. The molecule has 1 fully saturated rings. The highest BCUT2D eigenvalue weighted by molar-refractivity contribution is 6.35. The van der Waals surface area contributed by atoms with E-state index in [9.17, 15) is 9.18 Å². The van der Waals surface area contributed by atoms with Crippen LogP contribution < -0.4 is 10.2 Å². The van der Waals surface area contributed by atoms with E-state index in [0.717, 1.165) is 0 Å². The minimum absolute atomic E-state index is 0.0876. The highest BCUT2D eigenvalue weighted by atomic mass is 35.5. The van der Waals surface area contributed by atoms with E-state index < -0.39 is 0 Å². The zero-order chi connectivity index (χ0) is 19.0. The molecule has 1 saturated heterocycles. The van der Waals surface area contributed by atoms with Crippen molar-refractivity contribution in [2.45, 2.75) is 19.8 Å². The molecule has 1 aliphatic rings. The third kappa shape index (κ3) is 3.47. The van der Waals surface area contributed by atoms with Gasteiger partial charge < -0.3 is 14.7 Å². The summed E-state index contributed by atoms with van der Waals surface area (Å²) < 4.78 is 19.9. The number of nitrogens with one attached hydrogen (secondary N) is 1. The van der Waals surface area contributed by atoms with Gasteiger partial charge in [-0.1, -0.05) is 16.8 Å². The van der Waals surface area contributed by atoms with Crippen LogP contribution in [0.5, 0.6) is 0 Å². The van der Waals surface area contributed by atoms with Gasteiger partial charge in [0, 0.05) is 36.7 Å². The molecule has 2 aromatic heterocycles. The molecule has 1 N–H and O–H groups in total. The van der Waals surface area contributed by atoms with Crippen LogP contribution in [0.1, 0.15) is 18.6 Å². The van der Waals surface area contributed by atoms with Crippen LogP contribution in [-0.4, -0.2) is 29.1 Å². The van der Waals surface area contributed by atoms with Crippen molar-refractivity contribution >= 4 is 39.9 Å². The molecule has 3 heterocycles. The normalized spacial score (nSPS) is 15.3. The number of aromatic nitrogens is 2. The molecule has 0 spiro atoms. The van der Waals surface area contributed by atoms with Gasteiger partial charge in [-0.15, -0.1) is 0 Å². The van der Waals surface area contributed by atoms with Gasteiger partial charge >= 0.3 is 0 Å². The molecule has 140 valence electrons. The van der Waals surface area contributed by atoms with E-state index in [1.54, 1.807) is 31.2 Å². The fraction of sp³-hybridized carbons (Fsp3) is 0.316. The summed E-state index contributed by atoms with van der Waals surface area (Å²) in [7, 11) is 0. The number of nitrogens with zero attached hydrogens (tertiary/aromatic N) is 3. The maximum atomic E-state index is 14.9. The highest BCUT2D eigenvalue weighted by Crippen LogP contribution is 2.32. The van der Waals surface area contributed by atoms with Crippen LogP contribution in [-0.2, 0) is 4.79 Å². The topological polar surface area (TPSA) is 71.3 Å². The Bertz CT molecular complexity index is 999. The molecule has 27 heavy (non-hydrogen) atoms. The molecule has 4 rings (SSSR count). The van der Waals surface area contributed by atoms with Gasteiger partial charge in [-0.25, -0.2) is 4.39 Å². The summed E-state index contributed by atoms with van der Waals surface area (Å²) in [6, 6.07) is 6.83. The molecule has 0 unspecified atom stereocenters. The number of rotatable bonds is 3. The van der Waals surface area contributed by atoms with Gasteiger partial charge in [-0.3, -0.25) is 9.78 Å². The SMILES string of the molecule is Cc1cc(NC(=O)C2CCN(c3ccc4c(Cl)ccnc4c3F)CC2)no1. The van der Waals surface area contributed by atoms with Crippen LogP contribution in [0.4, 0.5) is 15.9 Å². The lowest BCUT2D eigenvalue weighted by atomic mass is 9.95. The van der Waals surface area contributed by atoms with Crippen LogP contribution in [0.15, 0.2) is 35.0 Å². The summed E-state index contributed by atoms with van der Waals surface area (Å²) in [6.07, 6.45) is 2.76. The van der Waals surface area contributed by atoms with Gasteiger partial charge in [-0.05, 0) is 38.0 Å². The van der Waals surface area contributed by atoms with Gasteiger partial charge in [0.25, 0.3) is 0 Å². The van der Waals surface area contributed by atoms with Crippen molar-refractivity contribution in [3.05, 3.63) is 47.1 Å². The molecule has 6 nitrogen and oxygen atoms in total. The highest BCUT2D eigenvalue weighted by Gasteiger charge is 2.27. The van der Waals surface area contributed by atoms with Gasteiger partial charge in [0.05, 0.1) is 10.7 Å². The number of pyridine rings is 1. The van der Waals surface area contributed by atoms with Crippen molar-refractivity contribution < 1.29 is 13.7 Å². The van der Waals surface area contributed by atoms with Crippen molar-refractivity contribution in [1.29, 1.82) is 0 Å². The number of hydrogen-bond donors (Lipinski definition) is 1. The van der Waals surface area contributed by atoms with Crippen LogP contribution in [0.3, 0.4) is 0 Å². The molecule has 1 amide bonds. The average Bonchev–Trinajstić information content (AvgIpc) is 3.07. The molecule has 1 aromatic carbocycles. The van der Waals surface area contributed by atoms with Crippen molar-refractivity contribution in [2.24, 2.45) is 5.92 Å². The standard InChI is InChI=1S/C19H18ClFN4O2/c1-11-10-16(24-27-11)23-19(26)12-5-8-25(9-6-12)15-3-2-13-14(20)4-7-22-18(13)17(15)21/h2-4,7,10,12H,5-6,8-9H2,1H3,(H,23,24,26). The lowest BCUT2D eigenvalue weighted by Crippen LogP contribution is -2.38. The van der Waals surface area contributed by atoms with Gasteiger partial charge in [0.1, 0.15) is 11.3 Å². The van der Waals surface area contributed by atoms with E-state index in [4.69, 9.17) is 16.1 Å². The van der Waals surface area contributed by atoms with E-state index in [2.05, 4.69) is 15.5 Å². The quantitative estimate of drug-likeness (QED) is 0.728. The number of halogens is 2. The largest absolute Gasteiger partial charge is 0.369 e. The molecule has 8 heteroatoms. The number of benzene rings is 1. The van der Waals surface area contributed by atoms with Crippen LogP contribution in [0.2, 0.25) is 5.02 Å². The summed E-state index contributed by atoms with van der Waals surface area (Å²) in [5.74, 6) is 0.449. The summed E-state index contributed by atoms with van der Waals surface area (Å²) >= 11 is 6.11. The average molecular weight is 389 g/mol. The first-order chi connectivity index (χ1) is 13.0. The third-order valence-electron chi connectivity index (χ3n) is 4.86. The number of amides is 1. The molecular weight excluding hydrogens is 371 g/mol. The maximum absolute atomic E-state index is 14.9. The summed E-state index contributed by atoms with van der Waals surface area (Å²) in [5, 5.41) is 7.61. The molecule has 0 atom stereocenters. The van der Waals surface area contributed by atoms with Crippen molar-refractivity contribution in [1.82, 2.24) is 10.1 Å². The maximum Gasteiger partial charge on any atom is 0.228 e. The predicted molar refractivity (Wildman–Crippen MR) is 102 cm³/mol. The number of carbonyl (C=O) groups is 1. The second-order valence-corrected chi connectivity index (χ2v) is 7.07. The first kappa shape index (κ1) is 17.7. The molecular formula is C19H18ClFN4O2. The molecule has 3 aromatic rings. The second kappa shape index (κ2) is 7.15. The van der Waals surface area contributed by atoms with Crippen molar-refractivity contribution in [3.63, 3.8) is 0 Å². The Labute approximate surface area is 160 Å². The monoisotopic (exact) mass is 388 g/mol. The number of aryl methyl sites for hydroxylation is 1. The smallest absolute Gasteiger partial charge is 0.228 e. The van der Waals surface area contributed by atoms with E-state index in [0.29, 0.717) is 53.6 Å². The second-order valence-electron chi connectivity index (χ2n) is 6.66. The van der Waals surface area contributed by atoms with E-state index in [1.165, 1.54) is 6.20 Å². The zero-order valence-corrected chi connectivity index (χ0v) is 15.5. The van der Waals surface area contributed by atoms with Crippen molar-refractivity contribution in [2.75, 3.05) is 23.3 Å². The Kier molecular flexibility index (Phi) is 4.70. The number of piperidine rings is 1. The number of anilines is 2. The molecule has 1 aliphatic heterocycles. The minimum atomic E-state index is -0.379. The lowest BCUT2D eigenvalue weighted by molar-refractivity contribution is -0.120. The summed E-state index contributed by atoms with van der Waals surface area (Å²) in [6.45, 7) is 2.93. The van der Waals surface area contributed by atoms with Crippen molar-refractivity contribution in [3.8, 4) is 0 Å².